The molecule has 0 aliphatic carbocycles. The molecule has 0 fully saturated rings. The average Bonchev–Trinajstić information content (AvgIpc) is 2.80. The number of phenols is 2. The van der Waals surface area contributed by atoms with Crippen LogP contribution in [0.4, 0.5) is 5.69 Å². The minimum atomic E-state index is -0.648. The lowest BCUT2D eigenvalue weighted by molar-refractivity contribution is -0.117. The van der Waals surface area contributed by atoms with Crippen molar-refractivity contribution in [3.8, 4) is 11.5 Å². The minimum absolute atomic E-state index is 0.00599. The molecule has 0 atom stereocenters. The van der Waals surface area contributed by atoms with Crippen molar-refractivity contribution < 1.29 is 19.8 Å². The first-order valence-electron chi connectivity index (χ1n) is 10.0. The van der Waals surface area contributed by atoms with Crippen LogP contribution in [-0.2, 0) is 4.79 Å². The van der Waals surface area contributed by atoms with E-state index >= 15 is 0 Å². The molecule has 8 nitrogen and oxygen atoms in total. The number of hydrazone groups is 1. The van der Waals surface area contributed by atoms with Crippen LogP contribution in [0.15, 0.2) is 83.6 Å². The predicted octanol–water partition coefficient (Wildman–Crippen LogP) is 3.09. The minimum Gasteiger partial charge on any atom is -0.508 e. The van der Waals surface area contributed by atoms with E-state index in [0.29, 0.717) is 16.7 Å². The van der Waals surface area contributed by atoms with E-state index in [0.717, 1.165) is 11.8 Å². The monoisotopic (exact) mass is 444 g/mol. The van der Waals surface area contributed by atoms with Crippen LogP contribution in [-0.4, -0.2) is 42.3 Å². The standard InChI is InChI=1S/C25H24N4O4/c1-29(2)20-11-8-17(9-12-20)14-22(27-24(32)18-6-4-3-5-7-18)25(33)28-26-16-19-10-13-21(30)15-23(19)31/h3-16,30-31H,1-2H3,(H,27,32)(H,28,33)/b22-14-,26-16+. The first-order chi connectivity index (χ1) is 15.8. The number of nitrogens with one attached hydrogen (secondary N) is 2. The molecule has 0 heterocycles. The van der Waals surface area contributed by atoms with Gasteiger partial charge in [-0.3, -0.25) is 9.59 Å². The fourth-order valence-corrected chi connectivity index (χ4v) is 2.84. The third-order valence-electron chi connectivity index (χ3n) is 4.63. The summed E-state index contributed by atoms with van der Waals surface area (Å²) in [7, 11) is 3.85. The summed E-state index contributed by atoms with van der Waals surface area (Å²) in [4.78, 5) is 27.4. The maximum absolute atomic E-state index is 12.8. The predicted molar refractivity (Wildman–Crippen MR) is 128 cm³/mol. The summed E-state index contributed by atoms with van der Waals surface area (Å²) >= 11 is 0. The SMILES string of the molecule is CN(C)c1ccc(/C=C(\NC(=O)c2ccccc2)C(=O)N/N=C/c2ccc(O)cc2O)cc1. The highest BCUT2D eigenvalue weighted by atomic mass is 16.3. The van der Waals surface area contributed by atoms with Gasteiger partial charge in [-0.05, 0) is 48.0 Å². The van der Waals surface area contributed by atoms with Crippen LogP contribution in [0.3, 0.4) is 0 Å². The number of aromatic hydroxyl groups is 2. The van der Waals surface area contributed by atoms with Crippen LogP contribution in [0, 0.1) is 0 Å². The molecule has 3 aromatic carbocycles. The zero-order chi connectivity index (χ0) is 23.8. The van der Waals surface area contributed by atoms with Gasteiger partial charge in [0.15, 0.2) is 0 Å². The van der Waals surface area contributed by atoms with Crippen LogP contribution in [0.1, 0.15) is 21.5 Å². The Bertz CT molecular complexity index is 1190. The van der Waals surface area contributed by atoms with E-state index in [1.165, 1.54) is 18.3 Å². The molecule has 0 saturated carbocycles. The van der Waals surface area contributed by atoms with E-state index in [-0.39, 0.29) is 17.2 Å². The third kappa shape index (κ3) is 6.44. The molecule has 0 saturated heterocycles. The fourth-order valence-electron chi connectivity index (χ4n) is 2.84. The van der Waals surface area contributed by atoms with Gasteiger partial charge in [-0.15, -0.1) is 0 Å². The van der Waals surface area contributed by atoms with Crippen LogP contribution in [0.5, 0.6) is 11.5 Å². The Morgan fingerprint density at radius 3 is 2.27 bits per heavy atom. The molecule has 33 heavy (non-hydrogen) atoms. The Morgan fingerprint density at radius 1 is 0.939 bits per heavy atom. The molecule has 8 heteroatoms. The van der Waals surface area contributed by atoms with Crippen molar-refractivity contribution >= 4 is 29.8 Å². The van der Waals surface area contributed by atoms with Gasteiger partial charge in [0.2, 0.25) is 0 Å². The molecule has 0 spiro atoms. The number of amides is 2. The second kappa shape index (κ2) is 10.6. The second-order valence-electron chi connectivity index (χ2n) is 7.31. The third-order valence-corrected chi connectivity index (χ3v) is 4.63. The van der Waals surface area contributed by atoms with Crippen molar-refractivity contribution in [2.45, 2.75) is 0 Å². The van der Waals surface area contributed by atoms with Gasteiger partial charge in [-0.2, -0.15) is 5.10 Å². The molecular formula is C25H24N4O4. The Morgan fingerprint density at radius 2 is 1.64 bits per heavy atom. The number of benzene rings is 3. The molecule has 2 amide bonds. The molecule has 0 aliphatic heterocycles. The highest BCUT2D eigenvalue weighted by Gasteiger charge is 2.14. The van der Waals surface area contributed by atoms with Crippen molar-refractivity contribution in [1.29, 1.82) is 0 Å². The lowest BCUT2D eigenvalue weighted by Gasteiger charge is -2.12. The number of hydrogen-bond donors (Lipinski definition) is 4. The number of carbonyl (C=O) groups excluding carboxylic acids is 2. The summed E-state index contributed by atoms with van der Waals surface area (Å²) < 4.78 is 0. The van der Waals surface area contributed by atoms with Crippen LogP contribution < -0.4 is 15.6 Å². The van der Waals surface area contributed by atoms with E-state index in [9.17, 15) is 19.8 Å². The van der Waals surface area contributed by atoms with E-state index in [1.807, 2.05) is 43.3 Å². The zero-order valence-corrected chi connectivity index (χ0v) is 18.2. The summed E-state index contributed by atoms with van der Waals surface area (Å²) in [6, 6.07) is 20.0. The summed E-state index contributed by atoms with van der Waals surface area (Å²) in [5.41, 5.74) is 4.73. The maximum Gasteiger partial charge on any atom is 0.287 e. The van der Waals surface area contributed by atoms with Gasteiger partial charge in [0.05, 0.1) is 6.21 Å². The molecule has 3 rings (SSSR count). The number of anilines is 1. The first kappa shape index (κ1) is 23.1. The number of rotatable bonds is 7. The van der Waals surface area contributed by atoms with Crippen LogP contribution in [0.2, 0.25) is 0 Å². The van der Waals surface area contributed by atoms with Crippen molar-refractivity contribution in [2.24, 2.45) is 5.10 Å². The van der Waals surface area contributed by atoms with Gasteiger partial charge in [0.1, 0.15) is 17.2 Å². The molecule has 0 unspecified atom stereocenters. The van der Waals surface area contributed by atoms with Crippen LogP contribution >= 0.6 is 0 Å². The lowest BCUT2D eigenvalue weighted by atomic mass is 10.1. The lowest BCUT2D eigenvalue weighted by Crippen LogP contribution is -2.32. The summed E-state index contributed by atoms with van der Waals surface area (Å²) in [6.07, 6.45) is 2.78. The van der Waals surface area contributed by atoms with Crippen molar-refractivity contribution in [1.82, 2.24) is 10.7 Å². The van der Waals surface area contributed by atoms with Crippen molar-refractivity contribution in [2.75, 3.05) is 19.0 Å². The Balaban J connectivity index is 1.82. The van der Waals surface area contributed by atoms with E-state index in [1.54, 1.807) is 36.4 Å². The molecular weight excluding hydrogens is 420 g/mol. The second-order valence-corrected chi connectivity index (χ2v) is 7.31. The Labute approximate surface area is 191 Å². The van der Waals surface area contributed by atoms with E-state index in [2.05, 4.69) is 15.8 Å². The quantitative estimate of drug-likeness (QED) is 0.254. The number of hydrogen-bond acceptors (Lipinski definition) is 6. The summed E-state index contributed by atoms with van der Waals surface area (Å²) in [5, 5.41) is 25.7. The van der Waals surface area contributed by atoms with E-state index in [4.69, 9.17) is 0 Å². The van der Waals surface area contributed by atoms with Crippen LogP contribution in [0.25, 0.3) is 6.08 Å². The van der Waals surface area contributed by atoms with Gasteiger partial charge in [0, 0.05) is 37.0 Å². The van der Waals surface area contributed by atoms with Gasteiger partial charge in [-0.1, -0.05) is 30.3 Å². The van der Waals surface area contributed by atoms with Gasteiger partial charge in [0.25, 0.3) is 11.8 Å². The molecule has 0 aliphatic rings. The number of carbonyl (C=O) groups is 2. The summed E-state index contributed by atoms with van der Waals surface area (Å²) in [5.74, 6) is -1.38. The Kier molecular flexibility index (Phi) is 7.43. The van der Waals surface area contributed by atoms with Gasteiger partial charge in [-0.25, -0.2) is 5.43 Å². The van der Waals surface area contributed by atoms with E-state index < -0.39 is 11.8 Å². The fraction of sp³-hybridized carbons (Fsp3) is 0.0800. The maximum atomic E-state index is 12.8. The molecule has 3 aromatic rings. The molecule has 4 N–H and O–H groups in total. The summed E-state index contributed by atoms with van der Waals surface area (Å²) in [6.45, 7) is 0. The molecule has 0 aromatic heterocycles. The van der Waals surface area contributed by atoms with Gasteiger partial charge >= 0.3 is 0 Å². The van der Waals surface area contributed by atoms with Crippen molar-refractivity contribution in [3.05, 3.63) is 95.2 Å². The molecule has 0 bridgehead atoms. The highest BCUT2D eigenvalue weighted by molar-refractivity contribution is 6.05. The Hall–Kier alpha value is -4.59. The smallest absolute Gasteiger partial charge is 0.287 e. The van der Waals surface area contributed by atoms with Gasteiger partial charge < -0.3 is 20.4 Å². The average molecular weight is 444 g/mol. The highest BCUT2D eigenvalue weighted by Crippen LogP contribution is 2.20. The van der Waals surface area contributed by atoms with Crippen molar-refractivity contribution in [3.63, 3.8) is 0 Å². The topological polar surface area (TPSA) is 114 Å². The first-order valence-corrected chi connectivity index (χ1v) is 10.0. The molecule has 0 radical (unpaired) electrons. The molecule has 168 valence electrons. The largest absolute Gasteiger partial charge is 0.508 e. The number of phenolic OH excluding ortho intramolecular Hbond substituents is 2. The zero-order valence-electron chi connectivity index (χ0n) is 18.2. The normalized spacial score (nSPS) is 11.3. The number of nitrogens with zero attached hydrogens (tertiary/aromatic N) is 2.